The monoisotopic (exact) mass is 459 g/mol. The highest BCUT2D eigenvalue weighted by molar-refractivity contribution is 5.93. The molecule has 5 rings (SSSR count). The molecule has 0 radical (unpaired) electrons. The first kappa shape index (κ1) is 22.6. The fourth-order valence-electron chi connectivity index (χ4n) is 4.74. The molecule has 7 heteroatoms. The third-order valence-corrected chi connectivity index (χ3v) is 6.80. The highest BCUT2D eigenvalue weighted by Crippen LogP contribution is 2.30. The molecule has 2 aromatic heterocycles. The summed E-state index contributed by atoms with van der Waals surface area (Å²) in [4.78, 5) is 20.4. The fourth-order valence-corrected chi connectivity index (χ4v) is 4.74. The van der Waals surface area contributed by atoms with Crippen LogP contribution in [0.15, 0.2) is 52.5 Å². The van der Waals surface area contributed by atoms with Crippen molar-refractivity contribution in [2.75, 3.05) is 31.6 Å². The lowest BCUT2D eigenvalue weighted by Crippen LogP contribution is -2.21. The van der Waals surface area contributed by atoms with E-state index in [1.165, 1.54) is 5.56 Å². The number of pyridine rings is 2. The number of rotatable bonds is 7. The van der Waals surface area contributed by atoms with E-state index in [2.05, 4.69) is 58.5 Å². The van der Waals surface area contributed by atoms with Gasteiger partial charge in [-0.25, -0.2) is 4.98 Å². The van der Waals surface area contributed by atoms with E-state index in [9.17, 15) is 4.79 Å². The van der Waals surface area contributed by atoms with Gasteiger partial charge in [-0.2, -0.15) is 5.10 Å². The molecule has 2 N–H and O–H groups in total. The molecule has 1 atom stereocenters. The molecule has 1 unspecified atom stereocenters. The van der Waals surface area contributed by atoms with Crippen LogP contribution in [0.25, 0.3) is 10.8 Å². The minimum atomic E-state index is -0.142. The Morgan fingerprint density at radius 1 is 1.18 bits per heavy atom. The predicted molar refractivity (Wildman–Crippen MR) is 137 cm³/mol. The topological polar surface area (TPSA) is 82.6 Å². The number of hydrazone groups is 1. The number of hydrogen-bond acceptors (Lipinski definition) is 6. The molecule has 1 fully saturated rings. The molecule has 0 bridgehead atoms. The SMILES string of the molecule is CC(C)CCN1CC(c2cc3cc[nH]c(=O)c3c(Nc3ccc(C4CCOCC4)cc3)n2)C=N1. The second kappa shape index (κ2) is 9.97. The summed E-state index contributed by atoms with van der Waals surface area (Å²) in [5.41, 5.74) is 3.04. The molecule has 4 heterocycles. The van der Waals surface area contributed by atoms with Crippen LogP contribution in [0.5, 0.6) is 0 Å². The van der Waals surface area contributed by atoms with Gasteiger partial charge in [0.05, 0.1) is 17.0 Å². The van der Waals surface area contributed by atoms with Crippen molar-refractivity contribution in [2.45, 2.75) is 44.9 Å². The van der Waals surface area contributed by atoms with E-state index in [1.54, 1.807) is 6.20 Å². The molecule has 1 saturated heterocycles. The number of nitrogens with zero attached hydrogens (tertiary/aromatic N) is 3. The van der Waals surface area contributed by atoms with E-state index in [0.29, 0.717) is 23.0 Å². The molecular formula is C27H33N5O2. The summed E-state index contributed by atoms with van der Waals surface area (Å²) < 4.78 is 5.49. The number of fused-ring (bicyclic) bond motifs is 1. The molecule has 1 aromatic carbocycles. The number of ether oxygens (including phenoxy) is 1. The molecule has 7 nitrogen and oxygen atoms in total. The maximum Gasteiger partial charge on any atom is 0.259 e. The Balaban J connectivity index is 1.40. The van der Waals surface area contributed by atoms with E-state index in [0.717, 1.165) is 62.3 Å². The smallest absolute Gasteiger partial charge is 0.259 e. The van der Waals surface area contributed by atoms with Crippen molar-refractivity contribution in [2.24, 2.45) is 11.0 Å². The molecule has 34 heavy (non-hydrogen) atoms. The van der Waals surface area contributed by atoms with Gasteiger partial charge in [0, 0.05) is 44.4 Å². The molecule has 3 aromatic rings. The van der Waals surface area contributed by atoms with Crippen LogP contribution in [0.4, 0.5) is 11.5 Å². The van der Waals surface area contributed by atoms with Gasteiger partial charge in [0.15, 0.2) is 0 Å². The summed E-state index contributed by atoms with van der Waals surface area (Å²) >= 11 is 0. The summed E-state index contributed by atoms with van der Waals surface area (Å²) in [6.07, 6.45) is 6.91. The standard InChI is InChI=1S/C27H33N5O2/c1-18(2)8-12-32-17-22(16-29-32)24-15-21-7-11-28-27(33)25(21)26(31-24)30-23-5-3-19(4-6-23)20-9-13-34-14-10-20/h3-7,11,15-16,18,20,22H,8-10,12-14,17H2,1-2H3,(H,28,33)(H,30,31). The number of nitrogens with one attached hydrogen (secondary N) is 2. The van der Waals surface area contributed by atoms with Crippen molar-refractivity contribution >= 4 is 28.5 Å². The number of anilines is 2. The first-order valence-electron chi connectivity index (χ1n) is 12.3. The van der Waals surface area contributed by atoms with Gasteiger partial charge >= 0.3 is 0 Å². The molecule has 0 spiro atoms. The minimum Gasteiger partial charge on any atom is -0.381 e. The van der Waals surface area contributed by atoms with Crippen LogP contribution in [0.2, 0.25) is 0 Å². The first-order chi connectivity index (χ1) is 16.6. The zero-order valence-electron chi connectivity index (χ0n) is 20.0. The van der Waals surface area contributed by atoms with E-state index in [1.807, 2.05) is 18.3 Å². The van der Waals surface area contributed by atoms with Crippen molar-refractivity contribution in [3.05, 3.63) is 64.2 Å². The average molecular weight is 460 g/mol. The summed E-state index contributed by atoms with van der Waals surface area (Å²) in [5, 5.41) is 11.6. The van der Waals surface area contributed by atoms with Crippen molar-refractivity contribution in [3.8, 4) is 0 Å². The molecular weight excluding hydrogens is 426 g/mol. The molecule has 0 aliphatic carbocycles. The van der Waals surface area contributed by atoms with Gasteiger partial charge in [0.25, 0.3) is 5.56 Å². The Hall–Kier alpha value is -3.19. The molecule has 0 amide bonds. The normalized spacial score (nSPS) is 18.8. The van der Waals surface area contributed by atoms with Crippen LogP contribution in [-0.4, -0.2) is 47.5 Å². The quantitative estimate of drug-likeness (QED) is 0.520. The number of hydrogen-bond donors (Lipinski definition) is 2. The third kappa shape index (κ3) is 4.99. The van der Waals surface area contributed by atoms with E-state index in [4.69, 9.17) is 9.72 Å². The van der Waals surface area contributed by atoms with Gasteiger partial charge in [-0.1, -0.05) is 26.0 Å². The average Bonchev–Trinajstić information content (AvgIpc) is 3.33. The number of aromatic amines is 1. The van der Waals surface area contributed by atoms with Crippen molar-refractivity contribution < 1.29 is 4.74 Å². The zero-order valence-corrected chi connectivity index (χ0v) is 20.0. The summed E-state index contributed by atoms with van der Waals surface area (Å²) in [5.74, 6) is 1.89. The summed E-state index contributed by atoms with van der Waals surface area (Å²) in [6, 6.07) is 12.5. The Bertz CT molecular complexity index is 1210. The van der Waals surface area contributed by atoms with Crippen LogP contribution >= 0.6 is 0 Å². The van der Waals surface area contributed by atoms with Crippen molar-refractivity contribution in [1.29, 1.82) is 0 Å². The van der Waals surface area contributed by atoms with Gasteiger partial charge in [0.1, 0.15) is 5.82 Å². The van der Waals surface area contributed by atoms with E-state index < -0.39 is 0 Å². The van der Waals surface area contributed by atoms with Gasteiger partial charge < -0.3 is 15.0 Å². The Morgan fingerprint density at radius 2 is 1.97 bits per heavy atom. The van der Waals surface area contributed by atoms with Crippen LogP contribution in [0, 0.1) is 5.92 Å². The molecule has 2 aliphatic heterocycles. The molecule has 2 aliphatic rings. The lowest BCUT2D eigenvalue weighted by molar-refractivity contribution is 0.0853. The molecule has 0 saturated carbocycles. The van der Waals surface area contributed by atoms with Crippen molar-refractivity contribution in [1.82, 2.24) is 15.0 Å². The van der Waals surface area contributed by atoms with Gasteiger partial charge in [-0.15, -0.1) is 0 Å². The lowest BCUT2D eigenvalue weighted by Gasteiger charge is -2.22. The maximum absolute atomic E-state index is 12.7. The van der Waals surface area contributed by atoms with Gasteiger partial charge in [0.2, 0.25) is 0 Å². The lowest BCUT2D eigenvalue weighted by atomic mass is 9.92. The number of aromatic nitrogens is 2. The third-order valence-electron chi connectivity index (χ3n) is 6.80. The van der Waals surface area contributed by atoms with Gasteiger partial charge in [-0.3, -0.25) is 9.80 Å². The van der Waals surface area contributed by atoms with Crippen LogP contribution in [0.1, 0.15) is 56.2 Å². The number of H-pyrrole nitrogens is 1. The van der Waals surface area contributed by atoms with Gasteiger partial charge in [-0.05, 0) is 66.3 Å². The van der Waals surface area contributed by atoms with E-state index >= 15 is 0 Å². The predicted octanol–water partition coefficient (Wildman–Crippen LogP) is 4.99. The first-order valence-corrected chi connectivity index (χ1v) is 12.3. The Morgan fingerprint density at radius 3 is 2.74 bits per heavy atom. The van der Waals surface area contributed by atoms with Crippen LogP contribution < -0.4 is 10.9 Å². The second-order valence-corrected chi connectivity index (χ2v) is 9.77. The van der Waals surface area contributed by atoms with E-state index in [-0.39, 0.29) is 11.5 Å². The highest BCUT2D eigenvalue weighted by atomic mass is 16.5. The van der Waals surface area contributed by atoms with Crippen molar-refractivity contribution in [3.63, 3.8) is 0 Å². The zero-order chi connectivity index (χ0) is 23.5. The van der Waals surface area contributed by atoms with Crippen LogP contribution in [0.3, 0.4) is 0 Å². The molecule has 178 valence electrons. The largest absolute Gasteiger partial charge is 0.381 e. The fraction of sp³-hybridized carbons (Fsp3) is 0.444. The Kier molecular flexibility index (Phi) is 6.63. The maximum atomic E-state index is 12.7. The Labute approximate surface area is 200 Å². The summed E-state index contributed by atoms with van der Waals surface area (Å²) in [7, 11) is 0. The minimum absolute atomic E-state index is 0.104. The second-order valence-electron chi connectivity index (χ2n) is 9.77. The number of benzene rings is 1. The van der Waals surface area contributed by atoms with Crippen LogP contribution in [-0.2, 0) is 4.74 Å². The summed E-state index contributed by atoms with van der Waals surface area (Å²) in [6.45, 7) is 7.88. The highest BCUT2D eigenvalue weighted by Gasteiger charge is 2.23.